The summed E-state index contributed by atoms with van der Waals surface area (Å²) in [6.45, 7) is 0. The van der Waals surface area contributed by atoms with E-state index in [1.54, 1.807) is 24.3 Å². The minimum atomic E-state index is -0.418. The Morgan fingerprint density at radius 1 is 1.04 bits per heavy atom. The third-order valence-corrected chi connectivity index (χ3v) is 3.92. The fourth-order valence-electron chi connectivity index (χ4n) is 2.58. The van der Waals surface area contributed by atoms with Gasteiger partial charge < -0.3 is 14.6 Å². The number of hydrogen-bond acceptors (Lipinski definition) is 5. The van der Waals surface area contributed by atoms with Crippen LogP contribution in [-0.2, 0) is 0 Å². The molecule has 0 aliphatic rings. The van der Waals surface area contributed by atoms with Crippen molar-refractivity contribution in [2.75, 3.05) is 14.2 Å². The Kier molecular flexibility index (Phi) is 5.03. The SMILES string of the molecule is COc1cc(OC)cc(C(=O)N/N=C/c2c(O)ccc3ccccc23)c1. The van der Waals surface area contributed by atoms with E-state index in [4.69, 9.17) is 9.47 Å². The maximum atomic E-state index is 12.3. The topological polar surface area (TPSA) is 80.2 Å². The first kappa shape index (κ1) is 17.3. The number of nitrogens with one attached hydrogen (secondary N) is 1. The van der Waals surface area contributed by atoms with E-state index in [9.17, 15) is 9.90 Å². The predicted octanol–water partition coefficient (Wildman–Crippen LogP) is 3.33. The smallest absolute Gasteiger partial charge is 0.271 e. The summed E-state index contributed by atoms with van der Waals surface area (Å²) >= 11 is 0. The van der Waals surface area contributed by atoms with Crippen LogP contribution in [0.25, 0.3) is 10.8 Å². The van der Waals surface area contributed by atoms with Gasteiger partial charge in [0, 0.05) is 17.2 Å². The number of benzene rings is 3. The maximum absolute atomic E-state index is 12.3. The second kappa shape index (κ2) is 7.57. The summed E-state index contributed by atoms with van der Waals surface area (Å²) < 4.78 is 10.3. The first-order chi connectivity index (χ1) is 12.6. The van der Waals surface area contributed by atoms with Gasteiger partial charge >= 0.3 is 0 Å². The van der Waals surface area contributed by atoms with Crippen LogP contribution in [0.5, 0.6) is 17.2 Å². The molecule has 3 aromatic carbocycles. The Balaban J connectivity index is 1.83. The summed E-state index contributed by atoms with van der Waals surface area (Å²) in [5, 5.41) is 15.9. The summed E-state index contributed by atoms with van der Waals surface area (Å²) in [5.41, 5.74) is 3.33. The molecule has 0 aliphatic carbocycles. The van der Waals surface area contributed by atoms with Gasteiger partial charge in [-0.05, 0) is 29.0 Å². The van der Waals surface area contributed by atoms with Crippen LogP contribution in [0, 0.1) is 0 Å². The number of phenols is 1. The predicted molar refractivity (Wildman–Crippen MR) is 100 cm³/mol. The quantitative estimate of drug-likeness (QED) is 0.546. The van der Waals surface area contributed by atoms with E-state index >= 15 is 0 Å². The number of fused-ring (bicyclic) bond motifs is 1. The number of hydrogen-bond donors (Lipinski definition) is 2. The molecule has 0 aromatic heterocycles. The summed E-state index contributed by atoms with van der Waals surface area (Å²) in [5.74, 6) is 0.679. The Bertz CT molecular complexity index is 960. The van der Waals surface area contributed by atoms with Crippen molar-refractivity contribution in [2.24, 2.45) is 5.10 Å². The van der Waals surface area contributed by atoms with E-state index in [0.29, 0.717) is 22.6 Å². The van der Waals surface area contributed by atoms with Gasteiger partial charge in [0.15, 0.2) is 0 Å². The average Bonchev–Trinajstić information content (AvgIpc) is 2.69. The fourth-order valence-corrected chi connectivity index (χ4v) is 2.58. The van der Waals surface area contributed by atoms with E-state index in [-0.39, 0.29) is 5.75 Å². The zero-order valence-electron chi connectivity index (χ0n) is 14.4. The highest BCUT2D eigenvalue weighted by atomic mass is 16.5. The summed E-state index contributed by atoms with van der Waals surface area (Å²) in [6, 6.07) is 15.9. The molecule has 0 heterocycles. The molecule has 0 aliphatic heterocycles. The van der Waals surface area contributed by atoms with Crippen molar-refractivity contribution in [3.05, 3.63) is 65.7 Å². The first-order valence-electron chi connectivity index (χ1n) is 7.89. The number of phenolic OH excluding ortho intramolecular Hbond substituents is 1. The molecule has 0 unspecified atom stereocenters. The number of aromatic hydroxyl groups is 1. The lowest BCUT2D eigenvalue weighted by atomic mass is 10.0. The van der Waals surface area contributed by atoms with E-state index in [1.165, 1.54) is 20.4 Å². The van der Waals surface area contributed by atoms with Crippen molar-refractivity contribution in [2.45, 2.75) is 0 Å². The van der Waals surface area contributed by atoms with Gasteiger partial charge in [-0.1, -0.05) is 30.3 Å². The maximum Gasteiger partial charge on any atom is 0.271 e. The van der Waals surface area contributed by atoms with Crippen LogP contribution in [0.2, 0.25) is 0 Å². The normalized spacial score (nSPS) is 10.8. The number of ether oxygens (including phenoxy) is 2. The monoisotopic (exact) mass is 350 g/mol. The van der Waals surface area contributed by atoms with Gasteiger partial charge in [-0.15, -0.1) is 0 Å². The standard InChI is InChI=1S/C20H18N2O4/c1-25-15-9-14(10-16(11-15)26-2)20(24)22-21-12-18-17-6-4-3-5-13(17)7-8-19(18)23/h3-12,23H,1-2H3,(H,22,24)/b21-12+. The molecule has 0 saturated carbocycles. The van der Waals surface area contributed by atoms with Crippen LogP contribution in [0.15, 0.2) is 59.7 Å². The molecular formula is C20H18N2O4. The fraction of sp³-hybridized carbons (Fsp3) is 0.100. The van der Waals surface area contributed by atoms with Gasteiger partial charge in [-0.25, -0.2) is 5.43 Å². The van der Waals surface area contributed by atoms with Crippen molar-refractivity contribution in [1.29, 1.82) is 0 Å². The number of carbonyl (C=O) groups is 1. The van der Waals surface area contributed by atoms with Crippen LogP contribution in [0.3, 0.4) is 0 Å². The van der Waals surface area contributed by atoms with E-state index in [1.807, 2.05) is 30.3 Å². The second-order valence-electron chi connectivity index (χ2n) is 5.52. The highest BCUT2D eigenvalue weighted by molar-refractivity contribution is 6.03. The second-order valence-corrected chi connectivity index (χ2v) is 5.52. The van der Waals surface area contributed by atoms with Crippen LogP contribution in [0.1, 0.15) is 15.9 Å². The van der Waals surface area contributed by atoms with Gasteiger partial charge in [0.25, 0.3) is 5.91 Å². The molecule has 2 N–H and O–H groups in total. The van der Waals surface area contributed by atoms with Gasteiger partial charge in [-0.3, -0.25) is 4.79 Å². The van der Waals surface area contributed by atoms with Gasteiger partial charge in [0.1, 0.15) is 17.2 Å². The molecule has 0 saturated heterocycles. The Hall–Kier alpha value is -3.54. The molecule has 0 bridgehead atoms. The lowest BCUT2D eigenvalue weighted by molar-refractivity contribution is 0.0954. The van der Waals surface area contributed by atoms with E-state index in [0.717, 1.165) is 10.8 Å². The average molecular weight is 350 g/mol. The number of amides is 1. The summed E-state index contributed by atoms with van der Waals surface area (Å²) in [6.07, 6.45) is 1.42. The third-order valence-electron chi connectivity index (χ3n) is 3.92. The number of nitrogens with zero attached hydrogens (tertiary/aromatic N) is 1. The zero-order valence-corrected chi connectivity index (χ0v) is 14.4. The van der Waals surface area contributed by atoms with Crippen molar-refractivity contribution >= 4 is 22.9 Å². The van der Waals surface area contributed by atoms with Crippen molar-refractivity contribution in [1.82, 2.24) is 5.43 Å². The molecule has 132 valence electrons. The Morgan fingerprint density at radius 2 is 1.73 bits per heavy atom. The molecule has 1 amide bonds. The molecule has 26 heavy (non-hydrogen) atoms. The molecule has 0 radical (unpaired) electrons. The van der Waals surface area contributed by atoms with Crippen molar-refractivity contribution in [3.8, 4) is 17.2 Å². The highest BCUT2D eigenvalue weighted by Crippen LogP contribution is 2.25. The number of carbonyl (C=O) groups excluding carboxylic acids is 1. The highest BCUT2D eigenvalue weighted by Gasteiger charge is 2.09. The lowest BCUT2D eigenvalue weighted by Crippen LogP contribution is -2.17. The van der Waals surface area contributed by atoms with Gasteiger partial charge in [0.2, 0.25) is 0 Å². The lowest BCUT2D eigenvalue weighted by Gasteiger charge is -2.07. The molecule has 0 fully saturated rings. The largest absolute Gasteiger partial charge is 0.507 e. The van der Waals surface area contributed by atoms with E-state index in [2.05, 4.69) is 10.5 Å². The van der Waals surface area contributed by atoms with Crippen LogP contribution in [-0.4, -0.2) is 31.4 Å². The van der Waals surface area contributed by atoms with Crippen molar-refractivity contribution < 1.29 is 19.4 Å². The van der Waals surface area contributed by atoms with Crippen LogP contribution >= 0.6 is 0 Å². The molecule has 6 nitrogen and oxygen atoms in total. The molecule has 6 heteroatoms. The summed E-state index contributed by atoms with van der Waals surface area (Å²) in [7, 11) is 3.02. The summed E-state index contributed by atoms with van der Waals surface area (Å²) in [4.78, 5) is 12.3. The minimum absolute atomic E-state index is 0.0877. The Morgan fingerprint density at radius 3 is 2.42 bits per heavy atom. The number of methoxy groups -OCH3 is 2. The number of hydrazone groups is 1. The van der Waals surface area contributed by atoms with Crippen molar-refractivity contribution in [3.63, 3.8) is 0 Å². The Labute approximate surface area is 150 Å². The molecular weight excluding hydrogens is 332 g/mol. The first-order valence-corrected chi connectivity index (χ1v) is 7.89. The molecule has 0 spiro atoms. The van der Waals surface area contributed by atoms with Gasteiger partial charge in [-0.2, -0.15) is 5.10 Å². The molecule has 3 rings (SSSR count). The minimum Gasteiger partial charge on any atom is -0.507 e. The molecule has 0 atom stereocenters. The van der Waals surface area contributed by atoms with Crippen LogP contribution in [0.4, 0.5) is 0 Å². The van der Waals surface area contributed by atoms with Crippen LogP contribution < -0.4 is 14.9 Å². The van der Waals surface area contributed by atoms with Gasteiger partial charge in [0.05, 0.1) is 20.4 Å². The van der Waals surface area contributed by atoms with E-state index < -0.39 is 5.91 Å². The zero-order chi connectivity index (χ0) is 18.5. The molecule has 3 aromatic rings. The third kappa shape index (κ3) is 3.59. The number of rotatable bonds is 5.